The normalized spacial score (nSPS) is 16.3. The average Bonchev–Trinajstić information content (AvgIpc) is 2.84. The number of hydrogen-bond donors (Lipinski definition) is 0. The lowest BCUT2D eigenvalue weighted by Crippen LogP contribution is -2.47. The van der Waals surface area contributed by atoms with E-state index in [4.69, 9.17) is 9.47 Å². The molecule has 170 valence electrons. The van der Waals surface area contributed by atoms with Gasteiger partial charge in [0, 0.05) is 38.4 Å². The number of hydrogen-bond acceptors (Lipinski definition) is 8. The Morgan fingerprint density at radius 1 is 1.09 bits per heavy atom. The summed E-state index contributed by atoms with van der Waals surface area (Å²) in [6.45, 7) is 8.25. The summed E-state index contributed by atoms with van der Waals surface area (Å²) in [6, 6.07) is 7.74. The molecule has 1 fully saturated rings. The molecule has 32 heavy (non-hydrogen) atoms. The molecule has 2 aromatic heterocycles. The highest BCUT2D eigenvalue weighted by molar-refractivity contribution is 5.52. The lowest BCUT2D eigenvalue weighted by atomic mass is 10.1. The highest BCUT2D eigenvalue weighted by atomic mass is 16.5. The van der Waals surface area contributed by atoms with Crippen molar-refractivity contribution in [3.8, 4) is 11.6 Å². The fourth-order valence-electron chi connectivity index (χ4n) is 4.19. The predicted molar refractivity (Wildman–Crippen MR) is 125 cm³/mol. The first-order valence-electron chi connectivity index (χ1n) is 11.5. The van der Waals surface area contributed by atoms with E-state index in [0.717, 1.165) is 68.8 Å². The van der Waals surface area contributed by atoms with Gasteiger partial charge < -0.3 is 14.4 Å². The number of nitrogens with zero attached hydrogens (tertiary/aromatic N) is 5. The molecule has 3 heterocycles. The van der Waals surface area contributed by atoms with Crippen LogP contribution in [0.25, 0.3) is 11.8 Å². The number of aromatic nitrogens is 2. The molecule has 1 saturated heterocycles. The number of ether oxygens (including phenoxy) is 2. The Balaban J connectivity index is 1.19. The van der Waals surface area contributed by atoms with Gasteiger partial charge >= 0.3 is 0 Å². The Kier molecular flexibility index (Phi) is 7.66. The van der Waals surface area contributed by atoms with E-state index in [0.29, 0.717) is 36.6 Å². The third-order valence-electron chi connectivity index (χ3n) is 5.87. The number of pyridine rings is 2. The molecule has 0 radical (unpaired) electrons. The van der Waals surface area contributed by atoms with Crippen molar-refractivity contribution in [2.75, 3.05) is 50.8 Å². The number of anilines is 1. The van der Waals surface area contributed by atoms with Crippen molar-refractivity contribution in [3.05, 3.63) is 45.9 Å². The van der Waals surface area contributed by atoms with Gasteiger partial charge in [-0.3, -0.25) is 4.90 Å². The van der Waals surface area contributed by atoms with Crippen LogP contribution in [0.1, 0.15) is 32.6 Å². The summed E-state index contributed by atoms with van der Waals surface area (Å²) in [5.74, 6) is 2.37. The molecule has 0 unspecified atom stereocenters. The molecule has 8 heteroatoms. The van der Waals surface area contributed by atoms with Crippen LogP contribution < -0.4 is 24.9 Å². The zero-order valence-corrected chi connectivity index (χ0v) is 18.7. The SMILES string of the molecule is CCOc1cccnc1N1CCN(CCCCOc2ccc3c(n2)=C(N=O)CCC=3)CC1. The van der Waals surface area contributed by atoms with Crippen LogP contribution in [0.2, 0.25) is 0 Å². The minimum Gasteiger partial charge on any atom is -0.490 e. The first-order valence-corrected chi connectivity index (χ1v) is 11.5. The summed E-state index contributed by atoms with van der Waals surface area (Å²) in [7, 11) is 0. The topological polar surface area (TPSA) is 80.2 Å². The van der Waals surface area contributed by atoms with E-state index in [9.17, 15) is 4.91 Å². The van der Waals surface area contributed by atoms with Gasteiger partial charge in [-0.25, -0.2) is 9.97 Å². The van der Waals surface area contributed by atoms with Gasteiger partial charge in [0.15, 0.2) is 11.6 Å². The van der Waals surface area contributed by atoms with Crippen LogP contribution in [0.5, 0.6) is 11.6 Å². The smallest absolute Gasteiger partial charge is 0.213 e. The van der Waals surface area contributed by atoms with Crippen molar-refractivity contribution < 1.29 is 9.47 Å². The molecule has 8 nitrogen and oxygen atoms in total. The van der Waals surface area contributed by atoms with Crippen molar-refractivity contribution >= 4 is 17.6 Å². The molecule has 0 aromatic carbocycles. The maximum Gasteiger partial charge on any atom is 0.213 e. The second-order valence-corrected chi connectivity index (χ2v) is 8.01. The van der Waals surface area contributed by atoms with E-state index >= 15 is 0 Å². The maximum atomic E-state index is 11.0. The van der Waals surface area contributed by atoms with E-state index in [-0.39, 0.29) is 0 Å². The molecular weight excluding hydrogens is 406 g/mol. The van der Waals surface area contributed by atoms with Gasteiger partial charge in [-0.05, 0) is 67.7 Å². The Morgan fingerprint density at radius 2 is 1.97 bits per heavy atom. The van der Waals surface area contributed by atoms with Gasteiger partial charge in [-0.15, -0.1) is 4.91 Å². The molecule has 1 aliphatic carbocycles. The minimum atomic E-state index is 0.520. The van der Waals surface area contributed by atoms with E-state index in [2.05, 4.69) is 31.0 Å². The van der Waals surface area contributed by atoms with E-state index in [1.807, 2.05) is 37.4 Å². The molecule has 0 atom stereocenters. The first kappa shape index (κ1) is 22.2. The van der Waals surface area contributed by atoms with Crippen LogP contribution in [0.4, 0.5) is 5.82 Å². The summed E-state index contributed by atoms with van der Waals surface area (Å²) < 4.78 is 11.6. The van der Waals surface area contributed by atoms with Crippen LogP contribution in [-0.4, -0.2) is 60.8 Å². The quantitative estimate of drug-likeness (QED) is 0.417. The standard InChI is InChI=1S/C24H31N5O3/c1-2-31-21-9-6-12-25-24(21)29-16-14-28(15-17-29)13-3-4-18-32-22-11-10-19-7-5-8-20(27-30)23(19)26-22/h6-7,9-12H,2-5,8,13-18H2,1H3. The van der Waals surface area contributed by atoms with Gasteiger partial charge in [0.1, 0.15) is 5.70 Å². The number of unbranched alkanes of at least 4 members (excludes halogenated alkanes) is 1. The Bertz CT molecular complexity index is 1030. The number of fused-ring (bicyclic) bond motifs is 1. The summed E-state index contributed by atoms with van der Waals surface area (Å²) in [4.78, 5) is 24.9. The van der Waals surface area contributed by atoms with Crippen molar-refractivity contribution in [2.45, 2.75) is 32.6 Å². The highest BCUT2D eigenvalue weighted by Crippen LogP contribution is 2.26. The van der Waals surface area contributed by atoms with Crippen LogP contribution in [0, 0.1) is 4.91 Å². The second-order valence-electron chi connectivity index (χ2n) is 8.01. The predicted octanol–water partition coefficient (Wildman–Crippen LogP) is 2.31. The summed E-state index contributed by atoms with van der Waals surface area (Å²) in [5.41, 5.74) is 0.520. The molecular formula is C24H31N5O3. The Hall–Kier alpha value is -3.00. The van der Waals surface area contributed by atoms with Crippen LogP contribution in [0.3, 0.4) is 0 Å². The zero-order chi connectivity index (χ0) is 22.2. The lowest BCUT2D eigenvalue weighted by molar-refractivity contribution is 0.235. The molecule has 0 bridgehead atoms. The molecule has 0 amide bonds. The van der Waals surface area contributed by atoms with Gasteiger partial charge in [0.05, 0.1) is 18.6 Å². The number of rotatable bonds is 10. The largest absolute Gasteiger partial charge is 0.490 e. The molecule has 2 aliphatic rings. The van der Waals surface area contributed by atoms with Crippen molar-refractivity contribution in [2.24, 2.45) is 5.18 Å². The summed E-state index contributed by atoms with van der Waals surface area (Å²) >= 11 is 0. The van der Waals surface area contributed by atoms with Crippen LogP contribution in [-0.2, 0) is 0 Å². The molecule has 1 aliphatic heterocycles. The van der Waals surface area contributed by atoms with E-state index < -0.39 is 0 Å². The summed E-state index contributed by atoms with van der Waals surface area (Å²) in [5, 5.41) is 4.78. The van der Waals surface area contributed by atoms with E-state index in [1.165, 1.54) is 0 Å². The third-order valence-corrected chi connectivity index (χ3v) is 5.87. The fraction of sp³-hybridized carbons (Fsp3) is 0.500. The first-order chi connectivity index (χ1) is 15.8. The van der Waals surface area contributed by atoms with Crippen molar-refractivity contribution in [1.82, 2.24) is 14.9 Å². The van der Waals surface area contributed by atoms with Crippen LogP contribution in [0.15, 0.2) is 35.6 Å². The molecule has 0 spiro atoms. The summed E-state index contributed by atoms with van der Waals surface area (Å²) in [6.07, 6.45) is 7.43. The van der Waals surface area contributed by atoms with Gasteiger partial charge in [-0.2, -0.15) is 0 Å². The Labute approximate surface area is 188 Å². The van der Waals surface area contributed by atoms with Gasteiger partial charge in [0.25, 0.3) is 0 Å². The Morgan fingerprint density at radius 3 is 2.78 bits per heavy atom. The van der Waals surface area contributed by atoms with Gasteiger partial charge in [0.2, 0.25) is 5.88 Å². The minimum absolute atomic E-state index is 0.520. The zero-order valence-electron chi connectivity index (χ0n) is 18.7. The number of piperazine rings is 1. The van der Waals surface area contributed by atoms with Crippen molar-refractivity contribution in [1.29, 1.82) is 0 Å². The second kappa shape index (κ2) is 11.0. The fourth-order valence-corrected chi connectivity index (χ4v) is 4.19. The van der Waals surface area contributed by atoms with Crippen molar-refractivity contribution in [3.63, 3.8) is 0 Å². The maximum absolute atomic E-state index is 11.0. The lowest BCUT2D eigenvalue weighted by Gasteiger charge is -2.35. The molecule has 0 saturated carbocycles. The molecule has 0 N–H and O–H groups in total. The van der Waals surface area contributed by atoms with E-state index in [1.54, 1.807) is 0 Å². The number of nitroso groups, excluding NO2 is 1. The average molecular weight is 438 g/mol. The molecule has 2 aromatic rings. The monoisotopic (exact) mass is 437 g/mol. The molecule has 4 rings (SSSR count). The third kappa shape index (κ3) is 5.43. The van der Waals surface area contributed by atoms with Crippen LogP contribution >= 0.6 is 0 Å². The van der Waals surface area contributed by atoms with Gasteiger partial charge in [-0.1, -0.05) is 6.08 Å². The highest BCUT2D eigenvalue weighted by Gasteiger charge is 2.20.